The number of aromatic nitrogens is 2. The van der Waals surface area contributed by atoms with Crippen LogP contribution in [0.4, 0.5) is 0 Å². The molecule has 0 radical (unpaired) electrons. The summed E-state index contributed by atoms with van der Waals surface area (Å²) in [5.74, 6) is 0. The van der Waals surface area contributed by atoms with Crippen LogP contribution in [0, 0.1) is 0 Å². The molecule has 0 aliphatic rings. The van der Waals surface area contributed by atoms with Gasteiger partial charge >= 0.3 is 0 Å². The molecule has 4 nitrogen and oxygen atoms in total. The highest BCUT2D eigenvalue weighted by Crippen LogP contribution is 1.95. The monoisotopic (exact) mass is 224 g/mol. The zero-order chi connectivity index (χ0) is 11.6. The molecule has 1 aromatic heterocycles. The summed E-state index contributed by atoms with van der Waals surface area (Å²) >= 11 is 0. The molecule has 92 valence electrons. The number of H-pyrrole nitrogens is 1. The van der Waals surface area contributed by atoms with E-state index < -0.39 is 0 Å². The molecule has 2 N–H and O–H groups in total. The Hall–Kier alpha value is -0.870. The summed E-state index contributed by atoms with van der Waals surface area (Å²) in [6, 6.07) is 0. The summed E-state index contributed by atoms with van der Waals surface area (Å²) in [7, 11) is 0. The fourth-order valence-electron chi connectivity index (χ4n) is 1.73. The zero-order valence-corrected chi connectivity index (χ0v) is 10.5. The van der Waals surface area contributed by atoms with E-state index in [0.29, 0.717) is 0 Å². The quantitative estimate of drug-likeness (QED) is 0.627. The minimum absolute atomic E-state index is 0.894. The Balaban J connectivity index is 1.92. The lowest BCUT2D eigenvalue weighted by Gasteiger charge is -2.17. The van der Waals surface area contributed by atoms with Gasteiger partial charge in [-0.05, 0) is 39.0 Å². The molecule has 1 heterocycles. The van der Waals surface area contributed by atoms with Crippen molar-refractivity contribution in [3.63, 3.8) is 0 Å². The zero-order valence-electron chi connectivity index (χ0n) is 10.5. The van der Waals surface area contributed by atoms with Crippen LogP contribution in [-0.2, 0) is 6.54 Å². The predicted octanol–water partition coefficient (Wildman–Crippen LogP) is 1.62. The van der Waals surface area contributed by atoms with E-state index in [-0.39, 0.29) is 0 Å². The van der Waals surface area contributed by atoms with Gasteiger partial charge in [-0.2, -0.15) is 0 Å². The molecular weight excluding hydrogens is 200 g/mol. The first-order chi connectivity index (χ1) is 7.86. The number of rotatable bonds is 9. The molecule has 0 amide bonds. The summed E-state index contributed by atoms with van der Waals surface area (Å²) < 4.78 is 0. The Morgan fingerprint density at radius 1 is 1.31 bits per heavy atom. The van der Waals surface area contributed by atoms with Crippen LogP contribution in [-0.4, -0.2) is 41.0 Å². The van der Waals surface area contributed by atoms with Crippen LogP contribution in [0.15, 0.2) is 12.5 Å². The Bertz CT molecular complexity index is 242. The van der Waals surface area contributed by atoms with Crippen molar-refractivity contribution in [2.45, 2.75) is 33.2 Å². The lowest BCUT2D eigenvalue weighted by molar-refractivity contribution is 0.296. The van der Waals surface area contributed by atoms with Gasteiger partial charge in [0.05, 0.1) is 6.33 Å². The third-order valence-electron chi connectivity index (χ3n) is 2.84. The van der Waals surface area contributed by atoms with Crippen LogP contribution in [0.2, 0.25) is 0 Å². The van der Waals surface area contributed by atoms with Gasteiger partial charge in [0.2, 0.25) is 0 Å². The fourth-order valence-corrected chi connectivity index (χ4v) is 1.73. The standard InChI is InChI=1S/C12H24N4/c1-3-16(4-2)8-6-5-7-13-9-12-10-14-11-15-12/h10-11,13H,3-9H2,1-2H3,(H,14,15). The Kier molecular flexibility index (Phi) is 6.85. The average Bonchev–Trinajstić information content (AvgIpc) is 2.81. The van der Waals surface area contributed by atoms with Crippen molar-refractivity contribution < 1.29 is 0 Å². The third-order valence-corrected chi connectivity index (χ3v) is 2.84. The first kappa shape index (κ1) is 13.2. The molecule has 16 heavy (non-hydrogen) atoms. The molecular formula is C12H24N4. The maximum absolute atomic E-state index is 3.98. The summed E-state index contributed by atoms with van der Waals surface area (Å²) in [6.45, 7) is 9.97. The molecule has 0 fully saturated rings. The van der Waals surface area contributed by atoms with Gasteiger partial charge in [-0.1, -0.05) is 13.8 Å². The van der Waals surface area contributed by atoms with E-state index in [0.717, 1.165) is 31.9 Å². The predicted molar refractivity (Wildman–Crippen MR) is 67.3 cm³/mol. The van der Waals surface area contributed by atoms with Gasteiger partial charge in [0.1, 0.15) is 0 Å². The smallest absolute Gasteiger partial charge is 0.0922 e. The van der Waals surface area contributed by atoms with E-state index in [1.54, 1.807) is 6.33 Å². The van der Waals surface area contributed by atoms with E-state index in [9.17, 15) is 0 Å². The van der Waals surface area contributed by atoms with Crippen LogP contribution >= 0.6 is 0 Å². The van der Waals surface area contributed by atoms with Gasteiger partial charge in [-0.15, -0.1) is 0 Å². The number of nitrogens with zero attached hydrogens (tertiary/aromatic N) is 2. The van der Waals surface area contributed by atoms with Crippen molar-refractivity contribution in [1.82, 2.24) is 20.2 Å². The van der Waals surface area contributed by atoms with Crippen LogP contribution in [0.1, 0.15) is 32.4 Å². The van der Waals surface area contributed by atoms with Gasteiger partial charge in [0.15, 0.2) is 0 Å². The lowest BCUT2D eigenvalue weighted by atomic mass is 10.3. The number of nitrogens with one attached hydrogen (secondary N) is 2. The number of hydrogen-bond donors (Lipinski definition) is 2. The van der Waals surface area contributed by atoms with Crippen molar-refractivity contribution in [3.8, 4) is 0 Å². The van der Waals surface area contributed by atoms with Crippen molar-refractivity contribution in [2.24, 2.45) is 0 Å². The third kappa shape index (κ3) is 5.28. The molecule has 0 aliphatic heterocycles. The summed E-state index contributed by atoms with van der Waals surface area (Å²) in [5.41, 5.74) is 1.16. The topological polar surface area (TPSA) is 44.0 Å². The van der Waals surface area contributed by atoms with Crippen LogP contribution < -0.4 is 5.32 Å². The Morgan fingerprint density at radius 3 is 2.75 bits per heavy atom. The van der Waals surface area contributed by atoms with E-state index in [1.807, 2.05) is 6.20 Å². The minimum Gasteiger partial charge on any atom is -0.347 e. The highest BCUT2D eigenvalue weighted by atomic mass is 15.1. The fraction of sp³-hybridized carbons (Fsp3) is 0.750. The molecule has 0 atom stereocenters. The molecule has 0 spiro atoms. The second-order valence-electron chi connectivity index (χ2n) is 3.99. The highest BCUT2D eigenvalue weighted by Gasteiger charge is 1.98. The number of imidazole rings is 1. The lowest BCUT2D eigenvalue weighted by Crippen LogP contribution is -2.25. The van der Waals surface area contributed by atoms with Crippen LogP contribution in [0.5, 0.6) is 0 Å². The minimum atomic E-state index is 0.894. The van der Waals surface area contributed by atoms with Crippen LogP contribution in [0.25, 0.3) is 0 Å². The Labute approximate surface area is 98.5 Å². The van der Waals surface area contributed by atoms with E-state index >= 15 is 0 Å². The number of unbranched alkanes of at least 4 members (excludes halogenated alkanes) is 1. The van der Waals surface area contributed by atoms with Gasteiger partial charge in [-0.3, -0.25) is 0 Å². The SMILES string of the molecule is CCN(CC)CCCCNCc1cnc[nH]1. The molecule has 1 aromatic rings. The largest absolute Gasteiger partial charge is 0.347 e. The van der Waals surface area contributed by atoms with Gasteiger partial charge in [0, 0.05) is 18.4 Å². The van der Waals surface area contributed by atoms with E-state index in [2.05, 4.69) is 34.0 Å². The van der Waals surface area contributed by atoms with Gasteiger partial charge < -0.3 is 15.2 Å². The normalized spacial score (nSPS) is 11.2. The second-order valence-corrected chi connectivity index (χ2v) is 3.99. The first-order valence-electron chi connectivity index (χ1n) is 6.27. The summed E-state index contributed by atoms with van der Waals surface area (Å²) in [6.07, 6.45) is 6.10. The van der Waals surface area contributed by atoms with Gasteiger partial charge in [0.25, 0.3) is 0 Å². The molecule has 0 aromatic carbocycles. The summed E-state index contributed by atoms with van der Waals surface area (Å²) in [4.78, 5) is 9.53. The van der Waals surface area contributed by atoms with Crippen molar-refractivity contribution >= 4 is 0 Å². The van der Waals surface area contributed by atoms with Crippen molar-refractivity contribution in [2.75, 3.05) is 26.2 Å². The van der Waals surface area contributed by atoms with Crippen molar-refractivity contribution in [3.05, 3.63) is 18.2 Å². The Morgan fingerprint density at radius 2 is 2.12 bits per heavy atom. The summed E-state index contributed by atoms with van der Waals surface area (Å²) in [5, 5.41) is 3.41. The number of aromatic amines is 1. The van der Waals surface area contributed by atoms with Gasteiger partial charge in [-0.25, -0.2) is 4.98 Å². The highest BCUT2D eigenvalue weighted by molar-refractivity contribution is 4.92. The maximum Gasteiger partial charge on any atom is 0.0922 e. The molecule has 0 bridgehead atoms. The maximum atomic E-state index is 3.98. The van der Waals surface area contributed by atoms with E-state index in [4.69, 9.17) is 0 Å². The number of hydrogen-bond acceptors (Lipinski definition) is 3. The molecule has 1 rings (SSSR count). The molecule has 0 saturated carbocycles. The molecule has 0 aliphatic carbocycles. The van der Waals surface area contributed by atoms with E-state index in [1.165, 1.54) is 19.4 Å². The average molecular weight is 224 g/mol. The van der Waals surface area contributed by atoms with Crippen LogP contribution in [0.3, 0.4) is 0 Å². The van der Waals surface area contributed by atoms with Crippen molar-refractivity contribution in [1.29, 1.82) is 0 Å². The molecule has 0 unspecified atom stereocenters. The molecule has 0 saturated heterocycles. The molecule has 4 heteroatoms. The second kappa shape index (κ2) is 8.30. The first-order valence-corrected chi connectivity index (χ1v) is 6.27.